The summed E-state index contributed by atoms with van der Waals surface area (Å²) in [4.78, 5) is 23.5. The summed E-state index contributed by atoms with van der Waals surface area (Å²) in [5.41, 5.74) is -0.540. The molecule has 0 aliphatic carbocycles. The first-order chi connectivity index (χ1) is 23.9. The van der Waals surface area contributed by atoms with Gasteiger partial charge in [0, 0.05) is 42.2 Å². The van der Waals surface area contributed by atoms with E-state index in [9.17, 15) is 23.2 Å². The Morgan fingerprint density at radius 1 is 1.16 bits per heavy atom. The van der Waals surface area contributed by atoms with Crippen LogP contribution < -0.4 is 4.74 Å². The number of likely N-dealkylation sites (N-methyl/N-ethyl adjacent to an activating group) is 2. The number of benzene rings is 2. The zero-order valence-electron chi connectivity index (χ0n) is 28.5. The van der Waals surface area contributed by atoms with Crippen molar-refractivity contribution < 1.29 is 27.1 Å². The van der Waals surface area contributed by atoms with Gasteiger partial charge in [0.05, 0.1) is 24.1 Å². The first-order valence-electron chi connectivity index (χ1n) is 16.7. The third-order valence-electron chi connectivity index (χ3n) is 9.76. The molecule has 2 aliphatic rings. The summed E-state index contributed by atoms with van der Waals surface area (Å²) in [6, 6.07) is 8.14. The van der Waals surface area contributed by atoms with Gasteiger partial charge < -0.3 is 19.4 Å². The highest BCUT2D eigenvalue weighted by Gasteiger charge is 2.36. The van der Waals surface area contributed by atoms with Crippen LogP contribution in [0, 0.1) is 24.1 Å². The number of pyridine rings is 1. The number of aryl methyl sites for hydroxylation is 1. The molecule has 6 rings (SSSR count). The number of alkyl halides is 3. The first-order valence-corrected chi connectivity index (χ1v) is 16.7. The largest absolute Gasteiger partial charge is 0.474 e. The summed E-state index contributed by atoms with van der Waals surface area (Å²) in [7, 11) is 5.81. The van der Waals surface area contributed by atoms with E-state index in [0.717, 1.165) is 25.5 Å². The predicted molar refractivity (Wildman–Crippen MR) is 181 cm³/mol. The summed E-state index contributed by atoms with van der Waals surface area (Å²) in [6.07, 6.45) is 1.51. The Morgan fingerprint density at radius 2 is 1.94 bits per heavy atom. The first kappa shape index (κ1) is 35.2. The molecule has 14 heteroatoms. The van der Waals surface area contributed by atoms with E-state index in [4.69, 9.17) is 4.74 Å². The molecule has 0 spiro atoms. The quantitative estimate of drug-likeness (QED) is 0.152. The van der Waals surface area contributed by atoms with Crippen molar-refractivity contribution in [2.24, 2.45) is 0 Å². The molecule has 2 aromatic heterocycles. The Bertz CT molecular complexity index is 1970. The van der Waals surface area contributed by atoms with E-state index in [1.807, 2.05) is 26.0 Å². The molecule has 4 aromatic rings. The lowest BCUT2D eigenvalue weighted by Gasteiger charge is -2.38. The third kappa shape index (κ3) is 6.89. The zero-order chi connectivity index (χ0) is 35.7. The molecule has 2 saturated heterocycles. The number of likely N-dealkylation sites (tertiary alicyclic amines) is 2. The second-order valence-corrected chi connectivity index (χ2v) is 13.4. The molecule has 0 radical (unpaired) electrons. The van der Waals surface area contributed by atoms with Gasteiger partial charge in [-0.05, 0) is 83.6 Å². The van der Waals surface area contributed by atoms with E-state index in [-0.39, 0.29) is 59.1 Å². The van der Waals surface area contributed by atoms with Crippen LogP contribution in [0.3, 0.4) is 0 Å². The van der Waals surface area contributed by atoms with Crippen molar-refractivity contribution in [1.82, 2.24) is 34.7 Å². The maximum atomic E-state index is 16.8. The van der Waals surface area contributed by atoms with Gasteiger partial charge in [0.25, 0.3) is 0 Å². The van der Waals surface area contributed by atoms with E-state index in [2.05, 4.69) is 26.3 Å². The number of halogens is 4. The van der Waals surface area contributed by atoms with Crippen molar-refractivity contribution in [3.05, 3.63) is 59.4 Å². The number of ether oxygens (including phenoxy) is 1. The monoisotopic (exact) mass is 692 g/mol. The van der Waals surface area contributed by atoms with Crippen molar-refractivity contribution in [3.8, 4) is 23.1 Å². The van der Waals surface area contributed by atoms with E-state index in [0.29, 0.717) is 42.4 Å². The Hall–Kier alpha value is -4.61. The molecule has 0 N–H and O–H groups in total. The molecular formula is C36H40F4N8O2. The fourth-order valence-corrected chi connectivity index (χ4v) is 7.20. The van der Waals surface area contributed by atoms with Crippen LogP contribution in [-0.4, -0.2) is 100 Å². The molecule has 4 heterocycles. The van der Waals surface area contributed by atoms with Gasteiger partial charge in [-0.3, -0.25) is 4.79 Å². The molecule has 264 valence electrons. The normalized spacial score (nSPS) is 20.4. The molecule has 0 bridgehead atoms. The maximum Gasteiger partial charge on any atom is 0.417 e. The number of amides is 1. The Kier molecular flexibility index (Phi) is 10.1. The molecule has 50 heavy (non-hydrogen) atoms. The van der Waals surface area contributed by atoms with Gasteiger partial charge in [0.2, 0.25) is 11.8 Å². The fraction of sp³-hybridized carbons (Fsp3) is 0.472. The number of rotatable bonds is 9. The zero-order valence-corrected chi connectivity index (χ0v) is 28.5. The number of carbonyl (C=O) groups is 1. The standard InChI is InChI=1S/C36H40F4N8O2/c1-22-19-27-32(31(37)30(22)26-10-5-6-11-28(26)36(38,39)40)42-35(50-21-25-9-7-17-46(25)4)33-34(27)48(44-43-33)24-14-18-47(23(20-24)13-15-41)29(49)12-8-16-45(2)3/h5-6,8,10-12,19,23-25H,7,9,13-14,16-18,20-21H2,1-4H3/b12-8+/t23-,24+,25+/m1/s1. The molecule has 3 atom stereocenters. The molecule has 2 fully saturated rings. The highest BCUT2D eigenvalue weighted by Crippen LogP contribution is 2.43. The predicted octanol–water partition coefficient (Wildman–Crippen LogP) is 6.15. The van der Waals surface area contributed by atoms with Crippen molar-refractivity contribution in [1.29, 1.82) is 5.26 Å². The van der Waals surface area contributed by atoms with Crippen LogP contribution in [0.1, 0.15) is 49.3 Å². The number of hydrogen-bond donors (Lipinski definition) is 0. The minimum Gasteiger partial charge on any atom is -0.474 e. The molecule has 0 saturated carbocycles. The van der Waals surface area contributed by atoms with Crippen LogP contribution >= 0.6 is 0 Å². The van der Waals surface area contributed by atoms with Crippen molar-refractivity contribution in [2.45, 2.75) is 63.3 Å². The molecular weight excluding hydrogens is 652 g/mol. The van der Waals surface area contributed by atoms with Gasteiger partial charge >= 0.3 is 6.18 Å². The number of hydrogen-bond acceptors (Lipinski definition) is 8. The summed E-state index contributed by atoms with van der Waals surface area (Å²) < 4.78 is 67.0. The minimum absolute atomic E-state index is 0.0454. The van der Waals surface area contributed by atoms with Gasteiger partial charge in [-0.1, -0.05) is 29.5 Å². The number of nitrogens with zero attached hydrogens (tertiary/aromatic N) is 8. The second kappa shape index (κ2) is 14.3. The number of fused-ring (bicyclic) bond motifs is 3. The number of carbonyl (C=O) groups excluding carboxylic acids is 1. The smallest absolute Gasteiger partial charge is 0.417 e. The molecule has 0 unspecified atom stereocenters. The van der Waals surface area contributed by atoms with Gasteiger partial charge in [-0.15, -0.1) is 5.10 Å². The van der Waals surface area contributed by atoms with E-state index in [1.54, 1.807) is 28.6 Å². The lowest BCUT2D eigenvalue weighted by Crippen LogP contribution is -2.46. The lowest BCUT2D eigenvalue weighted by atomic mass is 9.92. The maximum absolute atomic E-state index is 16.8. The van der Waals surface area contributed by atoms with Crippen molar-refractivity contribution in [3.63, 3.8) is 0 Å². The third-order valence-corrected chi connectivity index (χ3v) is 9.76. The van der Waals surface area contributed by atoms with Gasteiger partial charge in [-0.2, -0.15) is 18.4 Å². The number of aromatic nitrogens is 4. The van der Waals surface area contributed by atoms with Crippen LogP contribution in [0.5, 0.6) is 5.88 Å². The van der Waals surface area contributed by atoms with Gasteiger partial charge in [-0.25, -0.2) is 14.1 Å². The highest BCUT2D eigenvalue weighted by atomic mass is 19.4. The van der Waals surface area contributed by atoms with Crippen LogP contribution in [-0.2, 0) is 11.0 Å². The van der Waals surface area contributed by atoms with Crippen molar-refractivity contribution in [2.75, 3.05) is 47.4 Å². The van der Waals surface area contributed by atoms with Crippen LogP contribution in [0.25, 0.3) is 33.1 Å². The molecule has 2 aliphatic heterocycles. The lowest BCUT2D eigenvalue weighted by molar-refractivity contribution is -0.137. The average Bonchev–Trinajstić information content (AvgIpc) is 3.70. The summed E-state index contributed by atoms with van der Waals surface area (Å²) in [5, 5.41) is 19.0. The second-order valence-electron chi connectivity index (χ2n) is 13.4. The highest BCUT2D eigenvalue weighted by molar-refractivity contribution is 6.06. The average molecular weight is 693 g/mol. The fourth-order valence-electron chi connectivity index (χ4n) is 7.20. The molecule has 1 amide bonds. The summed E-state index contributed by atoms with van der Waals surface area (Å²) >= 11 is 0. The van der Waals surface area contributed by atoms with E-state index >= 15 is 4.39 Å². The Morgan fingerprint density at radius 3 is 2.64 bits per heavy atom. The number of piperidine rings is 1. The van der Waals surface area contributed by atoms with E-state index in [1.165, 1.54) is 24.3 Å². The minimum atomic E-state index is -4.70. The van der Waals surface area contributed by atoms with E-state index < -0.39 is 23.6 Å². The van der Waals surface area contributed by atoms with Gasteiger partial charge in [0.1, 0.15) is 17.6 Å². The Balaban J connectivity index is 1.47. The number of nitriles is 1. The Labute approximate surface area is 287 Å². The molecule has 2 aromatic carbocycles. The van der Waals surface area contributed by atoms with Crippen LogP contribution in [0.4, 0.5) is 17.6 Å². The van der Waals surface area contributed by atoms with Gasteiger partial charge in [0.15, 0.2) is 11.3 Å². The van der Waals surface area contributed by atoms with Crippen LogP contribution in [0.15, 0.2) is 42.5 Å². The topological polar surface area (TPSA) is 103 Å². The SMILES string of the molecule is Cc1cc2c(nc(OC[C@@H]3CCCN3C)c3nnn([C@H]4CCN(C(=O)/C=C/CN(C)C)[C@H](CC#N)C4)c32)c(F)c1-c1ccccc1C(F)(F)F. The summed E-state index contributed by atoms with van der Waals surface area (Å²) in [6.45, 7) is 3.70. The summed E-state index contributed by atoms with van der Waals surface area (Å²) in [5.74, 6) is -1.04. The molecule has 10 nitrogen and oxygen atoms in total. The van der Waals surface area contributed by atoms with Crippen molar-refractivity contribution >= 4 is 27.8 Å². The van der Waals surface area contributed by atoms with Crippen LogP contribution in [0.2, 0.25) is 0 Å².